The quantitative estimate of drug-likeness (QED) is 0.628. The van der Waals surface area contributed by atoms with Crippen molar-refractivity contribution in [3.63, 3.8) is 0 Å². The molecule has 1 aromatic heterocycles. The average Bonchev–Trinajstić information content (AvgIpc) is 2.61. The van der Waals surface area contributed by atoms with Gasteiger partial charge >= 0.3 is 6.01 Å². The van der Waals surface area contributed by atoms with Crippen LogP contribution in [0.5, 0.6) is 6.01 Å². The van der Waals surface area contributed by atoms with Crippen molar-refractivity contribution in [1.82, 2.24) is 14.9 Å². The van der Waals surface area contributed by atoms with Crippen LogP contribution in [0.25, 0.3) is 0 Å². The lowest BCUT2D eigenvalue weighted by atomic mass is 10.1. The van der Waals surface area contributed by atoms with E-state index in [0.29, 0.717) is 12.6 Å². The van der Waals surface area contributed by atoms with Crippen molar-refractivity contribution < 1.29 is 9.47 Å². The van der Waals surface area contributed by atoms with Gasteiger partial charge in [-0.15, -0.1) is 0 Å². The second-order valence-electron chi connectivity index (χ2n) is 6.78. The average molecular weight is 365 g/mol. The molecule has 26 heavy (non-hydrogen) atoms. The Kier molecular flexibility index (Phi) is 9.12. The number of rotatable bonds is 9. The van der Waals surface area contributed by atoms with Gasteiger partial charge in [-0.25, -0.2) is 4.98 Å². The molecule has 1 fully saturated rings. The van der Waals surface area contributed by atoms with Gasteiger partial charge in [0.25, 0.3) is 0 Å². The molecule has 6 nitrogen and oxygen atoms in total. The Balaban J connectivity index is 1.90. The molecule has 2 heterocycles. The van der Waals surface area contributed by atoms with Crippen LogP contribution in [0.1, 0.15) is 51.3 Å². The summed E-state index contributed by atoms with van der Waals surface area (Å²) in [5.74, 6) is 1.03. The first-order valence-electron chi connectivity index (χ1n) is 10.2. The van der Waals surface area contributed by atoms with Gasteiger partial charge in [-0.05, 0) is 53.0 Å². The zero-order valence-corrected chi connectivity index (χ0v) is 17.1. The van der Waals surface area contributed by atoms with Crippen LogP contribution in [0.15, 0.2) is 0 Å². The summed E-state index contributed by atoms with van der Waals surface area (Å²) in [6.45, 7) is 16.1. The molecular formula is C20H36N4O2. The Bertz CT molecular complexity index is 527. The molecule has 0 N–H and O–H groups in total. The van der Waals surface area contributed by atoms with Gasteiger partial charge in [-0.1, -0.05) is 6.92 Å². The molecule has 0 atom stereocenters. The van der Waals surface area contributed by atoms with Crippen LogP contribution >= 0.6 is 0 Å². The van der Waals surface area contributed by atoms with Crippen molar-refractivity contribution in [2.75, 3.05) is 57.4 Å². The summed E-state index contributed by atoms with van der Waals surface area (Å²) in [5.41, 5.74) is 2.25. The zero-order valence-electron chi connectivity index (χ0n) is 17.1. The molecule has 0 spiro atoms. The number of hydrogen-bond acceptors (Lipinski definition) is 6. The Morgan fingerprint density at radius 3 is 2.62 bits per heavy atom. The van der Waals surface area contributed by atoms with Crippen molar-refractivity contribution >= 4 is 5.82 Å². The van der Waals surface area contributed by atoms with Crippen molar-refractivity contribution in [2.24, 2.45) is 0 Å². The largest absolute Gasteiger partial charge is 0.463 e. The van der Waals surface area contributed by atoms with Gasteiger partial charge in [-0.3, -0.25) is 0 Å². The van der Waals surface area contributed by atoms with Crippen LogP contribution in [-0.4, -0.2) is 67.4 Å². The number of hydrogen-bond donors (Lipinski definition) is 0. The molecule has 0 amide bonds. The van der Waals surface area contributed by atoms with Gasteiger partial charge in [0.1, 0.15) is 5.82 Å². The first-order chi connectivity index (χ1) is 12.7. The van der Waals surface area contributed by atoms with Gasteiger partial charge in [0, 0.05) is 44.0 Å². The normalized spacial score (nSPS) is 16.2. The number of anilines is 1. The lowest BCUT2D eigenvalue weighted by Crippen LogP contribution is -2.32. The minimum atomic E-state index is 0.512. The summed E-state index contributed by atoms with van der Waals surface area (Å²) in [7, 11) is 0. The predicted molar refractivity (Wildman–Crippen MR) is 106 cm³/mol. The second kappa shape index (κ2) is 11.3. The van der Waals surface area contributed by atoms with E-state index in [1.54, 1.807) is 0 Å². The SMILES string of the molecule is CCc1c(C)nc(OCCCN2CCCCOCC2)nc1N(CC)CC. The fourth-order valence-corrected chi connectivity index (χ4v) is 3.44. The van der Waals surface area contributed by atoms with E-state index in [4.69, 9.17) is 14.5 Å². The van der Waals surface area contributed by atoms with E-state index in [1.165, 1.54) is 12.0 Å². The summed E-state index contributed by atoms with van der Waals surface area (Å²) in [6, 6.07) is 0.512. The van der Waals surface area contributed by atoms with Crippen LogP contribution in [0.4, 0.5) is 5.82 Å². The first-order valence-corrected chi connectivity index (χ1v) is 10.2. The summed E-state index contributed by atoms with van der Waals surface area (Å²) in [5, 5.41) is 0. The molecule has 0 aromatic carbocycles. The van der Waals surface area contributed by atoms with E-state index in [-0.39, 0.29) is 0 Å². The molecular weight excluding hydrogens is 328 g/mol. The summed E-state index contributed by atoms with van der Waals surface area (Å²) in [6.07, 6.45) is 4.31. The highest BCUT2D eigenvalue weighted by Gasteiger charge is 2.15. The fourth-order valence-electron chi connectivity index (χ4n) is 3.44. The predicted octanol–water partition coefficient (Wildman–Crippen LogP) is 3.07. The molecule has 2 rings (SSSR count). The summed E-state index contributed by atoms with van der Waals surface area (Å²) < 4.78 is 11.5. The molecule has 1 saturated heterocycles. The number of ether oxygens (including phenoxy) is 2. The highest BCUT2D eigenvalue weighted by Crippen LogP contribution is 2.23. The monoisotopic (exact) mass is 364 g/mol. The highest BCUT2D eigenvalue weighted by molar-refractivity contribution is 5.49. The minimum Gasteiger partial charge on any atom is -0.463 e. The molecule has 1 aromatic rings. The number of nitrogens with zero attached hydrogens (tertiary/aromatic N) is 4. The topological polar surface area (TPSA) is 50.7 Å². The standard InChI is InChI=1S/C20H36N4O2/c1-5-18-17(4)21-20(22-19(18)24(6-2)7-3)26-15-10-12-23-11-8-9-14-25-16-13-23/h5-16H2,1-4H3. The molecule has 0 bridgehead atoms. The molecule has 1 aliphatic rings. The molecule has 0 saturated carbocycles. The molecule has 1 aliphatic heterocycles. The van der Waals surface area contributed by atoms with E-state index >= 15 is 0 Å². The van der Waals surface area contributed by atoms with Crippen molar-refractivity contribution in [3.05, 3.63) is 11.3 Å². The van der Waals surface area contributed by atoms with E-state index in [0.717, 1.165) is 76.7 Å². The Morgan fingerprint density at radius 2 is 1.88 bits per heavy atom. The Hall–Kier alpha value is -1.40. The van der Waals surface area contributed by atoms with Crippen molar-refractivity contribution in [3.8, 4) is 6.01 Å². The maximum Gasteiger partial charge on any atom is 0.318 e. The lowest BCUT2D eigenvalue weighted by Gasteiger charge is -2.25. The van der Waals surface area contributed by atoms with Crippen LogP contribution in [0.2, 0.25) is 0 Å². The van der Waals surface area contributed by atoms with Crippen LogP contribution in [0.3, 0.4) is 0 Å². The van der Waals surface area contributed by atoms with Crippen LogP contribution < -0.4 is 9.64 Å². The van der Waals surface area contributed by atoms with Gasteiger partial charge < -0.3 is 19.3 Å². The maximum absolute atomic E-state index is 5.91. The molecule has 0 aliphatic carbocycles. The number of aryl methyl sites for hydroxylation is 1. The first kappa shape index (κ1) is 20.9. The van der Waals surface area contributed by atoms with Gasteiger partial charge in [0.05, 0.1) is 13.2 Å². The smallest absolute Gasteiger partial charge is 0.318 e. The van der Waals surface area contributed by atoms with Crippen LogP contribution in [-0.2, 0) is 11.2 Å². The third kappa shape index (κ3) is 6.09. The van der Waals surface area contributed by atoms with Crippen molar-refractivity contribution in [1.29, 1.82) is 0 Å². The van der Waals surface area contributed by atoms with Gasteiger partial charge in [0.15, 0.2) is 0 Å². The maximum atomic E-state index is 5.91. The summed E-state index contributed by atoms with van der Waals surface area (Å²) >= 11 is 0. The lowest BCUT2D eigenvalue weighted by molar-refractivity contribution is 0.0783. The molecule has 0 unspecified atom stereocenters. The highest BCUT2D eigenvalue weighted by atomic mass is 16.5. The molecule has 6 heteroatoms. The van der Waals surface area contributed by atoms with Crippen molar-refractivity contribution in [2.45, 2.75) is 53.4 Å². The van der Waals surface area contributed by atoms with E-state index in [9.17, 15) is 0 Å². The Morgan fingerprint density at radius 1 is 1.08 bits per heavy atom. The van der Waals surface area contributed by atoms with E-state index in [1.807, 2.05) is 0 Å². The molecule has 148 valence electrons. The van der Waals surface area contributed by atoms with E-state index in [2.05, 4.69) is 42.5 Å². The van der Waals surface area contributed by atoms with E-state index < -0.39 is 0 Å². The van der Waals surface area contributed by atoms with Gasteiger partial charge in [0.2, 0.25) is 0 Å². The minimum absolute atomic E-state index is 0.512. The molecule has 0 radical (unpaired) electrons. The zero-order chi connectivity index (χ0) is 18.8. The second-order valence-corrected chi connectivity index (χ2v) is 6.78. The van der Waals surface area contributed by atoms with Crippen LogP contribution in [0, 0.1) is 6.92 Å². The summed E-state index contributed by atoms with van der Waals surface area (Å²) in [4.78, 5) is 14.0. The number of aromatic nitrogens is 2. The van der Waals surface area contributed by atoms with Gasteiger partial charge in [-0.2, -0.15) is 4.98 Å². The third-order valence-corrected chi connectivity index (χ3v) is 5.00. The third-order valence-electron chi connectivity index (χ3n) is 5.00. The Labute approximate surface area is 158 Å². The fraction of sp³-hybridized carbons (Fsp3) is 0.800.